The number of hydrogen-bond acceptors (Lipinski definition) is 5. The summed E-state index contributed by atoms with van der Waals surface area (Å²) in [4.78, 5) is 8.21. The Morgan fingerprint density at radius 3 is 2.89 bits per heavy atom. The van der Waals surface area contributed by atoms with Gasteiger partial charge in [0.15, 0.2) is 0 Å². The smallest absolute Gasteiger partial charge is 0.107 e. The SMILES string of the molecule is OC[C@H]1C[C@@H](n2cnc3cnccc32)[C@H](O)[C@@H]1O. The molecule has 1 fully saturated rings. The number of aliphatic hydroxyl groups is 3. The van der Waals surface area contributed by atoms with Crippen LogP contribution in [-0.2, 0) is 0 Å². The van der Waals surface area contributed by atoms with Crippen LogP contribution < -0.4 is 0 Å². The third kappa shape index (κ3) is 1.61. The maximum atomic E-state index is 10.1. The highest BCUT2D eigenvalue weighted by atomic mass is 16.3. The van der Waals surface area contributed by atoms with Crippen LogP contribution in [0.2, 0.25) is 0 Å². The largest absolute Gasteiger partial charge is 0.396 e. The number of rotatable bonds is 2. The molecule has 0 amide bonds. The fourth-order valence-corrected chi connectivity index (χ4v) is 2.70. The van der Waals surface area contributed by atoms with E-state index in [1.54, 1.807) is 18.7 Å². The Morgan fingerprint density at radius 1 is 1.33 bits per heavy atom. The molecule has 2 aromatic rings. The van der Waals surface area contributed by atoms with Gasteiger partial charge in [-0.1, -0.05) is 0 Å². The second-order valence-corrected chi connectivity index (χ2v) is 4.74. The van der Waals surface area contributed by atoms with E-state index in [0.717, 1.165) is 11.0 Å². The third-order valence-electron chi connectivity index (χ3n) is 3.74. The lowest BCUT2D eigenvalue weighted by atomic mass is 10.1. The summed E-state index contributed by atoms with van der Waals surface area (Å²) in [7, 11) is 0. The summed E-state index contributed by atoms with van der Waals surface area (Å²) in [5, 5.41) is 29.1. The molecule has 6 heteroatoms. The molecule has 3 N–H and O–H groups in total. The van der Waals surface area contributed by atoms with E-state index in [0.29, 0.717) is 6.42 Å². The minimum Gasteiger partial charge on any atom is -0.396 e. The van der Waals surface area contributed by atoms with Gasteiger partial charge in [-0.15, -0.1) is 0 Å². The zero-order valence-corrected chi connectivity index (χ0v) is 9.72. The van der Waals surface area contributed by atoms with Crippen LogP contribution in [0.5, 0.6) is 0 Å². The van der Waals surface area contributed by atoms with Gasteiger partial charge in [0.25, 0.3) is 0 Å². The zero-order valence-electron chi connectivity index (χ0n) is 9.72. The molecule has 3 rings (SSSR count). The molecule has 0 bridgehead atoms. The van der Waals surface area contributed by atoms with Gasteiger partial charge in [0, 0.05) is 18.7 Å². The van der Waals surface area contributed by atoms with Crippen LogP contribution in [0.25, 0.3) is 11.0 Å². The van der Waals surface area contributed by atoms with Crippen LogP contribution in [0.15, 0.2) is 24.8 Å². The quantitative estimate of drug-likeness (QED) is 0.680. The van der Waals surface area contributed by atoms with E-state index in [-0.39, 0.29) is 18.6 Å². The molecule has 0 saturated heterocycles. The molecule has 96 valence electrons. The summed E-state index contributed by atoms with van der Waals surface area (Å²) < 4.78 is 1.85. The summed E-state index contributed by atoms with van der Waals surface area (Å²) in [6, 6.07) is 1.57. The van der Waals surface area contributed by atoms with Crippen LogP contribution in [0.4, 0.5) is 0 Å². The topological polar surface area (TPSA) is 91.4 Å². The van der Waals surface area contributed by atoms with Gasteiger partial charge in [0.2, 0.25) is 0 Å². The van der Waals surface area contributed by atoms with Crippen molar-refractivity contribution in [2.45, 2.75) is 24.7 Å². The summed E-state index contributed by atoms with van der Waals surface area (Å²) in [5.74, 6) is -0.288. The fraction of sp³-hybridized carbons (Fsp3) is 0.500. The Balaban J connectivity index is 2.00. The molecule has 0 aromatic carbocycles. The van der Waals surface area contributed by atoms with Crippen LogP contribution in [0.3, 0.4) is 0 Å². The molecule has 0 spiro atoms. The van der Waals surface area contributed by atoms with Crippen LogP contribution in [-0.4, -0.2) is 48.7 Å². The molecule has 0 radical (unpaired) electrons. The molecule has 2 aromatic heterocycles. The van der Waals surface area contributed by atoms with Crippen molar-refractivity contribution in [2.24, 2.45) is 5.92 Å². The van der Waals surface area contributed by atoms with Crippen molar-refractivity contribution in [2.75, 3.05) is 6.61 Å². The third-order valence-corrected chi connectivity index (χ3v) is 3.74. The molecule has 2 heterocycles. The maximum Gasteiger partial charge on any atom is 0.107 e. The number of pyridine rings is 1. The molecule has 0 unspecified atom stereocenters. The summed E-state index contributed by atoms with van der Waals surface area (Å²) in [5.41, 5.74) is 1.63. The van der Waals surface area contributed by atoms with Crippen molar-refractivity contribution < 1.29 is 15.3 Å². The van der Waals surface area contributed by atoms with Crippen LogP contribution >= 0.6 is 0 Å². The predicted molar refractivity (Wildman–Crippen MR) is 63.8 cm³/mol. The van der Waals surface area contributed by atoms with Crippen molar-refractivity contribution >= 4 is 11.0 Å². The molecular formula is C12H15N3O3. The Bertz CT molecular complexity index is 556. The Hall–Kier alpha value is -1.50. The lowest BCUT2D eigenvalue weighted by molar-refractivity contribution is -0.00365. The van der Waals surface area contributed by atoms with Crippen LogP contribution in [0.1, 0.15) is 12.5 Å². The highest BCUT2D eigenvalue weighted by Gasteiger charge is 2.42. The number of aliphatic hydroxyl groups excluding tert-OH is 3. The Kier molecular flexibility index (Phi) is 2.77. The molecule has 1 saturated carbocycles. The van der Waals surface area contributed by atoms with Gasteiger partial charge in [-0.2, -0.15) is 0 Å². The van der Waals surface area contributed by atoms with Gasteiger partial charge in [-0.25, -0.2) is 4.98 Å². The molecule has 18 heavy (non-hydrogen) atoms. The van der Waals surface area contributed by atoms with Crippen molar-refractivity contribution in [3.8, 4) is 0 Å². The van der Waals surface area contributed by atoms with E-state index in [2.05, 4.69) is 9.97 Å². The first kappa shape index (κ1) is 11.6. The monoisotopic (exact) mass is 249 g/mol. The lowest BCUT2D eigenvalue weighted by Gasteiger charge is -2.18. The standard InChI is InChI=1S/C12H15N3O3/c16-5-7-3-10(12(18)11(7)17)15-6-14-8-4-13-2-1-9(8)15/h1-2,4,6-7,10-12,16-18H,3,5H2/t7-,10-,11-,12+/m1/s1. The van der Waals surface area contributed by atoms with Crippen molar-refractivity contribution in [3.05, 3.63) is 24.8 Å². The highest BCUT2D eigenvalue weighted by Crippen LogP contribution is 2.36. The fourth-order valence-electron chi connectivity index (χ4n) is 2.70. The van der Waals surface area contributed by atoms with E-state index >= 15 is 0 Å². The Morgan fingerprint density at radius 2 is 2.17 bits per heavy atom. The normalized spacial score (nSPS) is 32.2. The average Bonchev–Trinajstić information content (AvgIpc) is 2.93. The van der Waals surface area contributed by atoms with E-state index < -0.39 is 12.2 Å². The molecule has 4 atom stereocenters. The lowest BCUT2D eigenvalue weighted by Crippen LogP contribution is -2.30. The minimum absolute atomic E-state index is 0.122. The van der Waals surface area contributed by atoms with Gasteiger partial charge >= 0.3 is 0 Å². The van der Waals surface area contributed by atoms with Gasteiger partial charge in [-0.3, -0.25) is 4.98 Å². The van der Waals surface area contributed by atoms with E-state index in [9.17, 15) is 15.3 Å². The van der Waals surface area contributed by atoms with E-state index in [1.807, 2.05) is 10.6 Å². The first-order valence-electron chi connectivity index (χ1n) is 5.96. The molecule has 1 aliphatic carbocycles. The van der Waals surface area contributed by atoms with Gasteiger partial charge in [0.1, 0.15) is 11.6 Å². The van der Waals surface area contributed by atoms with Gasteiger partial charge in [-0.05, 0) is 12.5 Å². The van der Waals surface area contributed by atoms with Crippen LogP contribution in [0, 0.1) is 5.92 Å². The average molecular weight is 249 g/mol. The number of imidazole rings is 1. The first-order valence-corrected chi connectivity index (χ1v) is 5.96. The predicted octanol–water partition coefficient (Wildman–Crippen LogP) is -0.294. The maximum absolute atomic E-state index is 10.1. The molecule has 0 aliphatic heterocycles. The number of aromatic nitrogens is 3. The highest BCUT2D eigenvalue weighted by molar-refractivity contribution is 5.73. The number of nitrogens with zero attached hydrogens (tertiary/aromatic N) is 3. The molecule has 1 aliphatic rings. The second-order valence-electron chi connectivity index (χ2n) is 4.74. The van der Waals surface area contributed by atoms with E-state index in [1.165, 1.54) is 0 Å². The van der Waals surface area contributed by atoms with Crippen molar-refractivity contribution in [3.63, 3.8) is 0 Å². The van der Waals surface area contributed by atoms with Crippen molar-refractivity contribution in [1.29, 1.82) is 0 Å². The van der Waals surface area contributed by atoms with Gasteiger partial charge < -0.3 is 19.9 Å². The second kappa shape index (κ2) is 4.31. The van der Waals surface area contributed by atoms with Gasteiger partial charge in [0.05, 0.1) is 30.2 Å². The summed E-state index contributed by atoms with van der Waals surface area (Å²) in [6.07, 6.45) is 3.74. The number of hydrogen-bond donors (Lipinski definition) is 3. The first-order chi connectivity index (χ1) is 8.72. The minimum atomic E-state index is -0.890. The number of fused-ring (bicyclic) bond motifs is 1. The van der Waals surface area contributed by atoms with Crippen molar-refractivity contribution in [1.82, 2.24) is 14.5 Å². The molecular weight excluding hydrogens is 234 g/mol. The summed E-state index contributed by atoms with van der Waals surface area (Å²) >= 11 is 0. The zero-order chi connectivity index (χ0) is 12.7. The Labute approximate surface area is 104 Å². The van der Waals surface area contributed by atoms with E-state index in [4.69, 9.17) is 0 Å². The molecule has 6 nitrogen and oxygen atoms in total. The summed E-state index contributed by atoms with van der Waals surface area (Å²) in [6.45, 7) is -0.122.